The number of amides is 1. The van der Waals surface area contributed by atoms with E-state index in [-0.39, 0.29) is 10.7 Å². The lowest BCUT2D eigenvalue weighted by Gasteiger charge is -2.18. The number of aromatic nitrogens is 2. The molecular formula is C21H20F3N3O2S. The molecule has 3 rings (SSSR count). The molecule has 9 heteroatoms. The SMILES string of the molecule is Cc1ccc(C)c(-n2c(SC(C)C(=O)NCC(F)(F)F)nc3ccccc3c2=O)c1. The number of para-hydroxylation sites is 1. The fraction of sp³-hybridized carbons (Fsp3) is 0.286. The minimum absolute atomic E-state index is 0.238. The normalized spacial score (nSPS) is 12.7. The van der Waals surface area contributed by atoms with E-state index in [1.807, 2.05) is 37.4 Å². The van der Waals surface area contributed by atoms with Crippen molar-refractivity contribution in [2.24, 2.45) is 0 Å². The van der Waals surface area contributed by atoms with E-state index in [0.29, 0.717) is 16.6 Å². The van der Waals surface area contributed by atoms with E-state index in [9.17, 15) is 22.8 Å². The zero-order chi connectivity index (χ0) is 22.1. The summed E-state index contributed by atoms with van der Waals surface area (Å²) in [7, 11) is 0. The lowest BCUT2D eigenvalue weighted by Crippen LogP contribution is -2.38. The van der Waals surface area contributed by atoms with Crippen molar-refractivity contribution in [1.29, 1.82) is 0 Å². The number of hydrogen-bond donors (Lipinski definition) is 1. The molecular weight excluding hydrogens is 415 g/mol. The van der Waals surface area contributed by atoms with Gasteiger partial charge in [0.25, 0.3) is 5.56 Å². The lowest BCUT2D eigenvalue weighted by atomic mass is 10.1. The second-order valence-corrected chi connectivity index (χ2v) is 8.24. The molecule has 0 bridgehead atoms. The maximum atomic E-state index is 13.3. The first-order valence-electron chi connectivity index (χ1n) is 9.17. The average molecular weight is 435 g/mol. The first-order valence-corrected chi connectivity index (χ1v) is 10.1. The number of benzene rings is 2. The molecule has 158 valence electrons. The van der Waals surface area contributed by atoms with Crippen molar-refractivity contribution in [1.82, 2.24) is 14.9 Å². The maximum Gasteiger partial charge on any atom is 0.405 e. The second kappa shape index (κ2) is 8.51. The Balaban J connectivity index is 2.08. The van der Waals surface area contributed by atoms with Crippen LogP contribution in [0, 0.1) is 13.8 Å². The van der Waals surface area contributed by atoms with Crippen LogP contribution in [0.25, 0.3) is 16.6 Å². The zero-order valence-electron chi connectivity index (χ0n) is 16.6. The summed E-state index contributed by atoms with van der Waals surface area (Å²) in [6, 6.07) is 12.5. The van der Waals surface area contributed by atoms with Crippen molar-refractivity contribution in [3.05, 3.63) is 63.9 Å². The molecule has 5 nitrogen and oxygen atoms in total. The van der Waals surface area contributed by atoms with Gasteiger partial charge < -0.3 is 5.32 Å². The fourth-order valence-electron chi connectivity index (χ4n) is 2.91. The van der Waals surface area contributed by atoms with Gasteiger partial charge in [-0.1, -0.05) is 36.0 Å². The van der Waals surface area contributed by atoms with Crippen molar-refractivity contribution < 1.29 is 18.0 Å². The quantitative estimate of drug-likeness (QED) is 0.483. The zero-order valence-corrected chi connectivity index (χ0v) is 17.4. The Hall–Kier alpha value is -2.81. The van der Waals surface area contributed by atoms with Gasteiger partial charge in [0.2, 0.25) is 5.91 Å². The van der Waals surface area contributed by atoms with Gasteiger partial charge in [-0.3, -0.25) is 14.2 Å². The van der Waals surface area contributed by atoms with Gasteiger partial charge in [0.15, 0.2) is 5.16 Å². The van der Waals surface area contributed by atoms with Gasteiger partial charge in [-0.15, -0.1) is 0 Å². The predicted molar refractivity (Wildman–Crippen MR) is 111 cm³/mol. The van der Waals surface area contributed by atoms with Crippen LogP contribution in [0.15, 0.2) is 52.4 Å². The molecule has 1 aromatic heterocycles. The molecule has 0 aliphatic rings. The number of nitrogens with zero attached hydrogens (tertiary/aromatic N) is 2. The Morgan fingerprint density at radius 3 is 2.60 bits per heavy atom. The fourth-order valence-corrected chi connectivity index (χ4v) is 3.85. The monoisotopic (exact) mass is 435 g/mol. The number of thioether (sulfide) groups is 1. The highest BCUT2D eigenvalue weighted by atomic mass is 32.2. The summed E-state index contributed by atoms with van der Waals surface area (Å²) in [4.78, 5) is 30.0. The largest absolute Gasteiger partial charge is 0.405 e. The minimum atomic E-state index is -4.50. The highest BCUT2D eigenvalue weighted by molar-refractivity contribution is 8.00. The molecule has 2 aromatic carbocycles. The molecule has 0 spiro atoms. The molecule has 0 saturated heterocycles. The van der Waals surface area contributed by atoms with Crippen molar-refractivity contribution in [3.63, 3.8) is 0 Å². The molecule has 0 aliphatic heterocycles. The number of halogens is 3. The molecule has 1 amide bonds. The number of hydrogen-bond acceptors (Lipinski definition) is 4. The summed E-state index contributed by atoms with van der Waals surface area (Å²) in [6.07, 6.45) is -4.50. The van der Waals surface area contributed by atoms with Crippen LogP contribution in [-0.2, 0) is 4.79 Å². The van der Waals surface area contributed by atoms with Gasteiger partial charge in [-0.2, -0.15) is 13.2 Å². The first-order chi connectivity index (χ1) is 14.1. The van der Waals surface area contributed by atoms with Crippen molar-refractivity contribution >= 4 is 28.6 Å². The van der Waals surface area contributed by atoms with Crippen LogP contribution < -0.4 is 10.9 Å². The molecule has 0 fully saturated rings. The predicted octanol–water partition coefficient (Wildman–Crippen LogP) is 4.16. The van der Waals surface area contributed by atoms with Crippen LogP contribution in [0.4, 0.5) is 13.2 Å². The molecule has 3 aromatic rings. The summed E-state index contributed by atoms with van der Waals surface area (Å²) in [5.41, 5.74) is 2.52. The molecule has 1 unspecified atom stereocenters. The maximum absolute atomic E-state index is 13.3. The Labute approximate surface area is 175 Å². The van der Waals surface area contributed by atoms with E-state index >= 15 is 0 Å². The van der Waals surface area contributed by atoms with Gasteiger partial charge >= 0.3 is 6.18 Å². The van der Waals surface area contributed by atoms with Gasteiger partial charge in [-0.25, -0.2) is 4.98 Å². The summed E-state index contributed by atoms with van der Waals surface area (Å²) in [5, 5.41) is 1.63. The van der Waals surface area contributed by atoms with Crippen LogP contribution in [0.2, 0.25) is 0 Å². The number of fused-ring (bicyclic) bond motifs is 1. The number of carbonyl (C=O) groups excluding carboxylic acids is 1. The topological polar surface area (TPSA) is 64.0 Å². The molecule has 0 radical (unpaired) electrons. The minimum Gasteiger partial charge on any atom is -0.346 e. The third-order valence-electron chi connectivity index (χ3n) is 4.46. The molecule has 1 N–H and O–H groups in total. The molecule has 30 heavy (non-hydrogen) atoms. The van der Waals surface area contributed by atoms with E-state index in [4.69, 9.17) is 0 Å². The number of nitrogens with one attached hydrogen (secondary N) is 1. The highest BCUT2D eigenvalue weighted by Gasteiger charge is 2.29. The van der Waals surface area contributed by atoms with E-state index in [2.05, 4.69) is 4.98 Å². The first kappa shape index (κ1) is 21.9. The Morgan fingerprint density at radius 1 is 1.20 bits per heavy atom. The summed E-state index contributed by atoms with van der Waals surface area (Å²) < 4.78 is 38.7. The van der Waals surface area contributed by atoms with E-state index in [1.54, 1.807) is 24.3 Å². The van der Waals surface area contributed by atoms with Crippen molar-refractivity contribution in [2.75, 3.05) is 6.54 Å². The highest BCUT2D eigenvalue weighted by Crippen LogP contribution is 2.27. The average Bonchev–Trinajstić information content (AvgIpc) is 2.68. The van der Waals surface area contributed by atoms with Crippen LogP contribution in [0.3, 0.4) is 0 Å². The standard InChI is InChI=1S/C21H20F3N3O2S/c1-12-8-9-13(2)17(10-12)27-19(29)15-6-4-5-7-16(15)26-20(27)30-14(3)18(28)25-11-21(22,23)24/h4-10,14H,11H2,1-3H3,(H,25,28). The van der Waals surface area contributed by atoms with Crippen LogP contribution in [0.5, 0.6) is 0 Å². The second-order valence-electron chi connectivity index (χ2n) is 6.94. The summed E-state index contributed by atoms with van der Waals surface area (Å²) in [6.45, 7) is 3.81. The Bertz CT molecular complexity index is 1160. The molecule has 0 saturated carbocycles. The van der Waals surface area contributed by atoms with E-state index in [0.717, 1.165) is 22.9 Å². The van der Waals surface area contributed by atoms with Gasteiger partial charge in [0.05, 0.1) is 21.8 Å². The Morgan fingerprint density at radius 2 is 1.90 bits per heavy atom. The van der Waals surface area contributed by atoms with E-state index in [1.165, 1.54) is 11.5 Å². The number of rotatable bonds is 5. The van der Waals surface area contributed by atoms with Crippen LogP contribution in [0.1, 0.15) is 18.1 Å². The van der Waals surface area contributed by atoms with Gasteiger partial charge in [0, 0.05) is 0 Å². The van der Waals surface area contributed by atoms with Crippen molar-refractivity contribution in [2.45, 2.75) is 37.4 Å². The third kappa shape index (κ3) is 4.84. The van der Waals surface area contributed by atoms with Crippen LogP contribution >= 0.6 is 11.8 Å². The van der Waals surface area contributed by atoms with Crippen LogP contribution in [-0.4, -0.2) is 33.4 Å². The molecule has 0 aliphatic carbocycles. The number of carbonyl (C=O) groups is 1. The molecule has 1 atom stereocenters. The van der Waals surface area contributed by atoms with E-state index < -0.39 is 23.9 Å². The summed E-state index contributed by atoms with van der Waals surface area (Å²) in [5.74, 6) is -0.785. The summed E-state index contributed by atoms with van der Waals surface area (Å²) >= 11 is 0.940. The smallest absolute Gasteiger partial charge is 0.346 e. The van der Waals surface area contributed by atoms with Gasteiger partial charge in [0.1, 0.15) is 6.54 Å². The van der Waals surface area contributed by atoms with Crippen molar-refractivity contribution in [3.8, 4) is 5.69 Å². The third-order valence-corrected chi connectivity index (χ3v) is 5.52. The Kier molecular flexibility index (Phi) is 6.21. The number of alkyl halides is 3. The lowest BCUT2D eigenvalue weighted by molar-refractivity contribution is -0.137. The number of aryl methyl sites for hydroxylation is 2. The van der Waals surface area contributed by atoms with Gasteiger partial charge in [-0.05, 0) is 50.1 Å². The molecule has 1 heterocycles.